The Balaban J connectivity index is 1.34. The molecule has 0 fully saturated rings. The number of nitrogens with one attached hydrogen (secondary N) is 1. The van der Waals surface area contributed by atoms with Crippen LogP contribution in [0.1, 0.15) is 54.1 Å². The fraction of sp³-hybridized carbons (Fsp3) is 0.346. The van der Waals surface area contributed by atoms with Crippen LogP contribution in [0, 0.1) is 0 Å². The van der Waals surface area contributed by atoms with Crippen LogP contribution in [0.5, 0.6) is 0 Å². The Hall–Kier alpha value is -3.01. The Morgan fingerprint density at radius 2 is 2.09 bits per heavy atom. The molecule has 0 saturated heterocycles. The van der Waals surface area contributed by atoms with Crippen LogP contribution < -0.4 is 5.32 Å². The van der Waals surface area contributed by atoms with Gasteiger partial charge in [-0.15, -0.1) is 11.3 Å². The molecule has 35 heavy (non-hydrogen) atoms. The lowest BCUT2D eigenvalue weighted by atomic mass is 9.88. The predicted molar refractivity (Wildman–Crippen MR) is 143 cm³/mol. The van der Waals surface area contributed by atoms with Crippen molar-refractivity contribution < 1.29 is 4.74 Å². The zero-order chi connectivity index (χ0) is 24.6. The third kappa shape index (κ3) is 5.32. The monoisotopic (exact) mass is 504 g/mol. The highest BCUT2D eigenvalue weighted by Gasteiger charge is 2.25. The summed E-state index contributed by atoms with van der Waals surface area (Å²) in [4.78, 5) is 15.7. The van der Waals surface area contributed by atoms with E-state index in [4.69, 9.17) is 21.9 Å². The van der Waals surface area contributed by atoms with E-state index in [-0.39, 0.29) is 11.3 Å². The third-order valence-corrected chi connectivity index (χ3v) is 7.92. The number of aromatic nitrogens is 5. The molecule has 0 amide bonds. The van der Waals surface area contributed by atoms with E-state index in [2.05, 4.69) is 59.4 Å². The standard InChI is InChI=1S/C26H28N6OS2/c1-26(2,3)24-28-12-23(35-24)22(34)10-18-15-33-14-17-9-16(5-6-20(17)18)21-7-8-27-25(31-21)30-19-11-29-32(4)13-19/h5-9,11-13,18H,10,14-15H2,1-4H3,(H,27,30,31). The van der Waals surface area contributed by atoms with Crippen LogP contribution in [0.25, 0.3) is 11.3 Å². The van der Waals surface area contributed by atoms with Crippen molar-refractivity contribution >= 4 is 40.1 Å². The molecule has 3 aromatic heterocycles. The summed E-state index contributed by atoms with van der Waals surface area (Å²) < 4.78 is 7.71. The van der Waals surface area contributed by atoms with E-state index >= 15 is 0 Å². The summed E-state index contributed by atoms with van der Waals surface area (Å²) in [5.74, 6) is 0.764. The van der Waals surface area contributed by atoms with Crippen LogP contribution in [0.3, 0.4) is 0 Å². The van der Waals surface area contributed by atoms with Gasteiger partial charge in [-0.3, -0.25) is 4.68 Å². The Morgan fingerprint density at radius 1 is 1.23 bits per heavy atom. The first-order valence-electron chi connectivity index (χ1n) is 11.6. The summed E-state index contributed by atoms with van der Waals surface area (Å²) in [5.41, 5.74) is 5.24. The average Bonchev–Trinajstić information content (AvgIpc) is 3.49. The van der Waals surface area contributed by atoms with Gasteiger partial charge in [-0.25, -0.2) is 15.0 Å². The molecule has 1 aliphatic rings. The van der Waals surface area contributed by atoms with E-state index in [1.165, 1.54) is 11.1 Å². The van der Waals surface area contributed by atoms with Crippen molar-refractivity contribution in [3.8, 4) is 11.3 Å². The van der Waals surface area contributed by atoms with Gasteiger partial charge in [-0.05, 0) is 29.7 Å². The van der Waals surface area contributed by atoms with E-state index in [9.17, 15) is 0 Å². The van der Waals surface area contributed by atoms with Crippen molar-refractivity contribution in [2.45, 2.75) is 45.1 Å². The molecule has 0 aliphatic carbocycles. The Labute approximate surface area is 214 Å². The summed E-state index contributed by atoms with van der Waals surface area (Å²) in [6.07, 6.45) is 8.09. The minimum absolute atomic E-state index is 0.0316. The van der Waals surface area contributed by atoms with Gasteiger partial charge < -0.3 is 10.1 Å². The van der Waals surface area contributed by atoms with E-state index < -0.39 is 0 Å². The molecule has 1 N–H and O–H groups in total. The van der Waals surface area contributed by atoms with Crippen LogP contribution in [0.4, 0.5) is 11.6 Å². The first-order valence-corrected chi connectivity index (χ1v) is 12.8. The largest absolute Gasteiger partial charge is 0.376 e. The van der Waals surface area contributed by atoms with Gasteiger partial charge in [-0.1, -0.05) is 45.1 Å². The van der Waals surface area contributed by atoms with Crippen LogP contribution in [0.15, 0.2) is 49.1 Å². The number of aryl methyl sites for hydroxylation is 1. The average molecular weight is 505 g/mol. The van der Waals surface area contributed by atoms with Gasteiger partial charge >= 0.3 is 0 Å². The van der Waals surface area contributed by atoms with Crippen LogP contribution in [-0.4, -0.2) is 36.2 Å². The normalized spacial score (nSPS) is 15.6. The molecule has 1 atom stereocenters. The molecule has 0 spiro atoms. The molecule has 0 saturated carbocycles. The van der Waals surface area contributed by atoms with Crippen LogP contribution in [-0.2, 0) is 23.8 Å². The van der Waals surface area contributed by atoms with Gasteiger partial charge in [0, 0.05) is 47.4 Å². The molecule has 180 valence electrons. The van der Waals surface area contributed by atoms with Gasteiger partial charge in [0.25, 0.3) is 0 Å². The van der Waals surface area contributed by atoms with Crippen LogP contribution >= 0.6 is 23.6 Å². The van der Waals surface area contributed by atoms with Crippen molar-refractivity contribution in [1.82, 2.24) is 24.7 Å². The molecular weight excluding hydrogens is 476 g/mol. The Bertz CT molecular complexity index is 1370. The van der Waals surface area contributed by atoms with Gasteiger partial charge in [0.05, 0.1) is 40.7 Å². The molecule has 4 aromatic rings. The number of fused-ring (bicyclic) bond motifs is 1. The first-order chi connectivity index (χ1) is 16.8. The highest BCUT2D eigenvalue weighted by Crippen LogP contribution is 2.35. The topological polar surface area (TPSA) is 77.8 Å². The Morgan fingerprint density at radius 3 is 2.83 bits per heavy atom. The van der Waals surface area contributed by atoms with Crippen molar-refractivity contribution in [3.63, 3.8) is 0 Å². The second-order valence-electron chi connectivity index (χ2n) is 9.83. The van der Waals surface area contributed by atoms with Gasteiger partial charge in [0.2, 0.25) is 5.95 Å². The number of benzene rings is 1. The summed E-state index contributed by atoms with van der Waals surface area (Å²) in [6.45, 7) is 7.79. The molecule has 1 aromatic carbocycles. The van der Waals surface area contributed by atoms with Gasteiger partial charge in [0.15, 0.2) is 0 Å². The van der Waals surface area contributed by atoms with E-state index in [0.29, 0.717) is 19.2 Å². The summed E-state index contributed by atoms with van der Waals surface area (Å²) >= 11 is 7.53. The van der Waals surface area contributed by atoms with Crippen LogP contribution in [0.2, 0.25) is 0 Å². The predicted octanol–water partition coefficient (Wildman–Crippen LogP) is 5.80. The smallest absolute Gasteiger partial charge is 0.227 e. The first kappa shape index (κ1) is 23.7. The lowest BCUT2D eigenvalue weighted by Gasteiger charge is -2.26. The fourth-order valence-electron chi connectivity index (χ4n) is 4.13. The minimum Gasteiger partial charge on any atom is -0.376 e. The van der Waals surface area contributed by atoms with Crippen molar-refractivity contribution in [3.05, 3.63) is 70.1 Å². The molecule has 0 radical (unpaired) electrons. The number of thiazole rings is 1. The summed E-state index contributed by atoms with van der Waals surface area (Å²) in [5, 5.41) is 8.49. The van der Waals surface area contributed by atoms with E-state index in [1.807, 2.05) is 25.5 Å². The maximum absolute atomic E-state index is 5.97. The molecular formula is C26H28N6OS2. The number of thiocarbonyl (C=S) groups is 1. The zero-order valence-electron chi connectivity index (χ0n) is 20.3. The number of nitrogens with zero attached hydrogens (tertiary/aromatic N) is 5. The zero-order valence-corrected chi connectivity index (χ0v) is 21.9. The SMILES string of the molecule is Cn1cc(Nc2nccc(-c3ccc4c(c3)COCC4CC(=S)c3cnc(C(C)(C)C)s3)n2)cn1. The van der Waals surface area contributed by atoms with Gasteiger partial charge in [0.1, 0.15) is 0 Å². The molecule has 1 unspecified atom stereocenters. The number of ether oxygens (including phenoxy) is 1. The highest BCUT2D eigenvalue weighted by molar-refractivity contribution is 7.81. The lowest BCUT2D eigenvalue weighted by molar-refractivity contribution is 0.0927. The molecule has 9 heteroatoms. The second-order valence-corrected chi connectivity index (χ2v) is 11.3. The molecule has 1 aliphatic heterocycles. The molecule has 5 rings (SSSR count). The minimum atomic E-state index is 0.0316. The van der Waals surface area contributed by atoms with E-state index in [0.717, 1.165) is 38.1 Å². The summed E-state index contributed by atoms with van der Waals surface area (Å²) in [6, 6.07) is 8.42. The fourth-order valence-corrected chi connectivity index (χ4v) is 5.43. The number of hydrogen-bond acceptors (Lipinski definition) is 8. The highest BCUT2D eigenvalue weighted by atomic mass is 32.1. The van der Waals surface area contributed by atoms with E-state index in [1.54, 1.807) is 28.4 Å². The number of hydrogen-bond donors (Lipinski definition) is 1. The summed E-state index contributed by atoms with van der Waals surface area (Å²) in [7, 11) is 1.87. The van der Waals surface area contributed by atoms with Crippen molar-refractivity contribution in [1.29, 1.82) is 0 Å². The number of anilines is 2. The second kappa shape index (κ2) is 9.56. The molecule has 7 nitrogen and oxygen atoms in total. The maximum atomic E-state index is 5.97. The van der Waals surface area contributed by atoms with Crippen molar-refractivity contribution in [2.24, 2.45) is 7.05 Å². The lowest BCUT2D eigenvalue weighted by Crippen LogP contribution is -2.19. The third-order valence-electron chi connectivity index (χ3n) is 5.93. The number of rotatable bonds is 6. The molecule has 4 heterocycles. The van der Waals surface area contributed by atoms with Gasteiger partial charge in [-0.2, -0.15) is 5.10 Å². The Kier molecular flexibility index (Phi) is 6.48. The quantitative estimate of drug-likeness (QED) is 0.263. The maximum Gasteiger partial charge on any atom is 0.227 e. The van der Waals surface area contributed by atoms with Crippen molar-refractivity contribution in [2.75, 3.05) is 11.9 Å². The molecule has 0 bridgehead atoms.